The molecule has 1 aliphatic carbocycles. The molecular formula is C33H50N6O8. The van der Waals surface area contributed by atoms with Gasteiger partial charge in [-0.1, -0.05) is 40.0 Å². The van der Waals surface area contributed by atoms with Crippen molar-refractivity contribution in [2.45, 2.75) is 115 Å². The lowest BCUT2D eigenvalue weighted by Crippen LogP contribution is -2.47. The second kappa shape index (κ2) is 15.6. The third-order valence-corrected chi connectivity index (χ3v) is 8.96. The van der Waals surface area contributed by atoms with E-state index in [1.807, 2.05) is 6.92 Å². The lowest BCUT2D eigenvalue weighted by Gasteiger charge is -2.28. The minimum absolute atomic E-state index is 0.211. The summed E-state index contributed by atoms with van der Waals surface area (Å²) in [5.41, 5.74) is 3.98. The first-order chi connectivity index (χ1) is 22.3. The van der Waals surface area contributed by atoms with Crippen LogP contribution in [0.4, 0.5) is 5.82 Å². The van der Waals surface area contributed by atoms with Crippen LogP contribution in [0.5, 0.6) is 0 Å². The Hall–Kier alpha value is -3.46. The number of amides is 1. The number of aliphatic hydroxyl groups excluding tert-OH is 1. The fourth-order valence-corrected chi connectivity index (χ4v) is 5.97. The molecule has 47 heavy (non-hydrogen) atoms. The number of anilines is 1. The maximum absolute atomic E-state index is 13.2. The Kier molecular flexibility index (Phi) is 12.1. The van der Waals surface area contributed by atoms with E-state index in [9.17, 15) is 19.5 Å². The smallest absolute Gasteiger partial charge is 0.323 e. The van der Waals surface area contributed by atoms with Crippen LogP contribution < -0.4 is 11.1 Å². The van der Waals surface area contributed by atoms with Gasteiger partial charge in [0.15, 0.2) is 17.5 Å². The quantitative estimate of drug-likeness (QED) is 0.145. The van der Waals surface area contributed by atoms with Crippen LogP contribution in [0.15, 0.2) is 23.5 Å². The van der Waals surface area contributed by atoms with E-state index in [2.05, 4.69) is 20.4 Å². The molecule has 1 amide bonds. The van der Waals surface area contributed by atoms with Gasteiger partial charge in [0.2, 0.25) is 0 Å². The number of ether oxygens (including phenoxy) is 4. The number of rotatable bonds is 15. The fourth-order valence-electron chi connectivity index (χ4n) is 5.97. The number of aromatic nitrogens is 3. The highest BCUT2D eigenvalue weighted by Crippen LogP contribution is 2.41. The maximum Gasteiger partial charge on any atom is 0.323 e. The van der Waals surface area contributed by atoms with E-state index in [-0.39, 0.29) is 36.7 Å². The third-order valence-electron chi connectivity index (χ3n) is 8.96. The Morgan fingerprint density at radius 3 is 2.66 bits per heavy atom. The van der Waals surface area contributed by atoms with Gasteiger partial charge >= 0.3 is 11.9 Å². The molecule has 1 aliphatic heterocycles. The summed E-state index contributed by atoms with van der Waals surface area (Å²) in [5, 5.41) is 19.1. The lowest BCUT2D eigenvalue weighted by molar-refractivity contribution is -0.162. The van der Waals surface area contributed by atoms with Gasteiger partial charge in [0.25, 0.3) is 5.91 Å². The second-order valence-electron chi connectivity index (χ2n) is 13.3. The molecular weight excluding hydrogens is 608 g/mol. The molecule has 0 spiro atoms. The normalized spacial score (nSPS) is 24.3. The number of aliphatic hydroxyl groups is 1. The minimum atomic E-state index is -1.70. The van der Waals surface area contributed by atoms with Gasteiger partial charge in [-0.05, 0) is 57.1 Å². The number of unbranched alkanes of at least 4 members (excludes halogenated alkanes) is 1. The van der Waals surface area contributed by atoms with Crippen LogP contribution in [0.3, 0.4) is 0 Å². The predicted molar refractivity (Wildman–Crippen MR) is 174 cm³/mol. The van der Waals surface area contributed by atoms with Crippen molar-refractivity contribution in [2.24, 2.45) is 22.6 Å². The summed E-state index contributed by atoms with van der Waals surface area (Å²) in [6, 6.07) is 2.37. The van der Waals surface area contributed by atoms with Crippen molar-refractivity contribution in [3.05, 3.63) is 24.2 Å². The first-order valence-electron chi connectivity index (χ1n) is 16.5. The molecule has 0 aromatic carbocycles. The molecule has 14 nitrogen and oxygen atoms in total. The van der Waals surface area contributed by atoms with Crippen molar-refractivity contribution in [2.75, 3.05) is 25.6 Å². The number of carbonyl (C=O) groups is 3. The number of nitrogens with one attached hydrogen (secondary N) is 1. The summed E-state index contributed by atoms with van der Waals surface area (Å²) in [7, 11) is 1.51. The van der Waals surface area contributed by atoms with Gasteiger partial charge in [-0.15, -0.1) is 0 Å². The molecule has 4 rings (SSSR count). The van der Waals surface area contributed by atoms with Crippen molar-refractivity contribution in [1.82, 2.24) is 14.6 Å². The topological polar surface area (TPSA) is 189 Å². The molecule has 0 radical (unpaired) electrons. The van der Waals surface area contributed by atoms with E-state index in [0.29, 0.717) is 17.8 Å². The third kappa shape index (κ3) is 8.16. The van der Waals surface area contributed by atoms with Gasteiger partial charge in [-0.25, -0.2) is 9.50 Å². The number of esters is 2. The number of nitrogens with two attached hydrogens (primary N) is 1. The maximum atomic E-state index is 13.2. The molecule has 0 unspecified atom stereocenters. The largest absolute Gasteiger partial charge is 0.463 e. The molecule has 2 fully saturated rings. The Morgan fingerprint density at radius 2 is 2.00 bits per heavy atom. The Morgan fingerprint density at radius 1 is 1.28 bits per heavy atom. The lowest BCUT2D eigenvalue weighted by atomic mass is 9.92. The first-order valence-corrected chi connectivity index (χ1v) is 16.5. The minimum Gasteiger partial charge on any atom is -0.463 e. The molecule has 1 saturated heterocycles. The van der Waals surface area contributed by atoms with Crippen molar-refractivity contribution in [3.63, 3.8) is 0 Å². The second-order valence-corrected chi connectivity index (χ2v) is 13.3. The SMILES string of the molecule is CCCCOC(C)(C)C(=O)Nc1ncnn2c([C@]3(C=NC)O[C@H](COC(=O)CC4CCCC4)[C@@H](OC(=O)[C@@H](N)C(C)C)[C@H]3O)ccc12. The Labute approximate surface area is 275 Å². The number of aliphatic imine (C=N–C) groups is 1. The zero-order valence-corrected chi connectivity index (χ0v) is 28.3. The van der Waals surface area contributed by atoms with E-state index in [4.69, 9.17) is 24.7 Å². The summed E-state index contributed by atoms with van der Waals surface area (Å²) in [4.78, 5) is 47.5. The van der Waals surface area contributed by atoms with Gasteiger partial charge in [-0.2, -0.15) is 5.10 Å². The van der Waals surface area contributed by atoms with Crippen molar-refractivity contribution in [3.8, 4) is 0 Å². The van der Waals surface area contributed by atoms with E-state index in [0.717, 1.165) is 38.5 Å². The molecule has 3 heterocycles. The first kappa shape index (κ1) is 36.4. The average Bonchev–Trinajstić information content (AvgIpc) is 3.76. The van der Waals surface area contributed by atoms with Gasteiger partial charge in [0.05, 0.1) is 5.69 Å². The van der Waals surface area contributed by atoms with Gasteiger partial charge in [0, 0.05) is 26.3 Å². The zero-order chi connectivity index (χ0) is 34.4. The van der Waals surface area contributed by atoms with E-state index in [1.54, 1.807) is 39.8 Å². The monoisotopic (exact) mass is 658 g/mol. The molecule has 2 aromatic heterocycles. The number of nitrogens with zero attached hydrogens (tertiary/aromatic N) is 4. The van der Waals surface area contributed by atoms with Crippen LogP contribution >= 0.6 is 0 Å². The number of carbonyl (C=O) groups excluding carboxylic acids is 3. The summed E-state index contributed by atoms with van der Waals surface area (Å²) < 4.78 is 25.2. The Balaban J connectivity index is 1.65. The molecule has 1 saturated carbocycles. The van der Waals surface area contributed by atoms with Gasteiger partial charge < -0.3 is 35.1 Å². The average molecular weight is 659 g/mol. The van der Waals surface area contributed by atoms with Crippen LogP contribution in [-0.4, -0.2) is 94.0 Å². The summed E-state index contributed by atoms with van der Waals surface area (Å²) >= 11 is 0. The van der Waals surface area contributed by atoms with Crippen molar-refractivity contribution < 1.29 is 38.4 Å². The van der Waals surface area contributed by atoms with Crippen molar-refractivity contribution >= 4 is 35.4 Å². The van der Waals surface area contributed by atoms with Crippen molar-refractivity contribution in [1.29, 1.82) is 0 Å². The molecule has 4 N–H and O–H groups in total. The molecule has 14 heteroatoms. The number of hydrogen-bond donors (Lipinski definition) is 3. The van der Waals surface area contributed by atoms with E-state index in [1.165, 1.54) is 24.1 Å². The highest BCUT2D eigenvalue weighted by molar-refractivity contribution is 5.98. The van der Waals surface area contributed by atoms with E-state index >= 15 is 0 Å². The molecule has 2 aromatic rings. The van der Waals surface area contributed by atoms with E-state index < -0.39 is 47.4 Å². The highest BCUT2D eigenvalue weighted by Gasteiger charge is 2.58. The molecule has 0 bridgehead atoms. The number of fused-ring (bicyclic) bond motifs is 1. The highest BCUT2D eigenvalue weighted by atomic mass is 16.6. The summed E-state index contributed by atoms with van der Waals surface area (Å²) in [6.45, 7) is 9.13. The number of hydrogen-bond acceptors (Lipinski definition) is 12. The summed E-state index contributed by atoms with van der Waals surface area (Å²) in [6.07, 6.45) is 5.00. The predicted octanol–water partition coefficient (Wildman–Crippen LogP) is 2.94. The summed E-state index contributed by atoms with van der Waals surface area (Å²) in [5.74, 6) is -1.25. The van der Waals surface area contributed by atoms with Gasteiger partial charge in [0.1, 0.15) is 42.3 Å². The van der Waals surface area contributed by atoms with Crippen LogP contribution in [0, 0.1) is 11.8 Å². The Bertz CT molecular complexity index is 1420. The fraction of sp³-hybridized carbons (Fsp3) is 0.697. The standard InChI is InChI=1S/C33H50N6O8/c1-7-8-15-45-32(4,5)31(43)38-29-22-13-14-24(39(22)37-19-36-29)33(18-35-6)28(41)27(46-30(42)26(34)20(2)3)23(47-33)17-44-25(40)16-21-11-9-10-12-21/h13-14,18-21,23,26-28,41H,7-12,15-17,34H2,1-6H3,(H,36,37,38,43)/t23-,26+,27-,28-,33+/m1/s1. The van der Waals surface area contributed by atoms with Crippen LogP contribution in [0.2, 0.25) is 0 Å². The van der Waals surface area contributed by atoms with Crippen LogP contribution in [-0.2, 0) is 38.9 Å². The van der Waals surface area contributed by atoms with Gasteiger partial charge in [-0.3, -0.25) is 19.4 Å². The molecule has 260 valence electrons. The zero-order valence-electron chi connectivity index (χ0n) is 28.3. The molecule has 5 atom stereocenters. The van der Waals surface area contributed by atoms with Crippen LogP contribution in [0.1, 0.15) is 85.3 Å². The molecule has 2 aliphatic rings. The van der Waals surface area contributed by atoms with Crippen LogP contribution in [0.25, 0.3) is 5.52 Å².